The number of rotatable bonds is 4. The van der Waals surface area contributed by atoms with Crippen molar-refractivity contribution in [1.82, 2.24) is 9.55 Å². The van der Waals surface area contributed by atoms with Crippen LogP contribution in [0, 0.1) is 12.1 Å². The van der Waals surface area contributed by atoms with Crippen molar-refractivity contribution in [2.45, 2.75) is 0 Å². The Morgan fingerprint density at radius 2 is 1.51 bits per heavy atom. The van der Waals surface area contributed by atoms with Crippen LogP contribution in [0.4, 0.5) is 17.1 Å². The number of anilines is 3. The van der Waals surface area contributed by atoms with Gasteiger partial charge in [0.15, 0.2) is 0 Å². The molecule has 0 atom stereocenters. The maximum Gasteiger partial charge on any atom is 0.135 e. The minimum Gasteiger partial charge on any atom is -0.509 e. The molecule has 0 unspecified atom stereocenters. The summed E-state index contributed by atoms with van der Waals surface area (Å²) >= 11 is 0. The molecule has 184 valence electrons. The van der Waals surface area contributed by atoms with Crippen LogP contribution in [-0.2, 0) is 21.1 Å². The van der Waals surface area contributed by atoms with Crippen molar-refractivity contribution in [3.63, 3.8) is 0 Å². The number of benzene rings is 4. The largest absolute Gasteiger partial charge is 0.509 e. The van der Waals surface area contributed by atoms with Gasteiger partial charge in [0.1, 0.15) is 5.82 Å². The zero-order valence-corrected chi connectivity index (χ0v) is 22.0. The van der Waals surface area contributed by atoms with E-state index in [1.165, 1.54) is 0 Å². The molecule has 1 aliphatic rings. The predicted octanol–water partition coefficient (Wildman–Crippen LogP) is 7.36. The molecule has 7 rings (SSSR count). The van der Waals surface area contributed by atoms with Gasteiger partial charge in [0.05, 0.1) is 0 Å². The van der Waals surface area contributed by atoms with E-state index in [1.54, 1.807) is 6.20 Å². The summed E-state index contributed by atoms with van der Waals surface area (Å²) in [6.07, 6.45) is 1.80. The number of hydrogen-bond acceptors (Lipinski definition) is 4. The summed E-state index contributed by atoms with van der Waals surface area (Å²) in [5.74, 6) is 2.03. The van der Waals surface area contributed by atoms with Crippen LogP contribution in [-0.4, -0.2) is 16.6 Å². The monoisotopic (exact) mass is 661 g/mol. The van der Waals surface area contributed by atoms with Crippen molar-refractivity contribution in [2.75, 3.05) is 17.1 Å². The number of fused-ring (bicyclic) bond motifs is 4. The topological polar surface area (TPSA) is 47.6 Å². The van der Waals surface area contributed by atoms with Crippen LogP contribution >= 0.6 is 0 Å². The summed E-state index contributed by atoms with van der Waals surface area (Å²) in [4.78, 5) is 4.59. The second-order valence-corrected chi connectivity index (χ2v) is 8.54. The third-order valence-corrected chi connectivity index (χ3v) is 6.32. The van der Waals surface area contributed by atoms with E-state index < -0.39 is 0 Å². The molecular formula is C30H20N5OPt-3. The van der Waals surface area contributed by atoms with Crippen molar-refractivity contribution >= 4 is 38.9 Å². The smallest absolute Gasteiger partial charge is 0.135 e. The first kappa shape index (κ1) is 23.3. The molecule has 1 aliphatic heterocycles. The molecule has 2 aromatic heterocycles. The number of para-hydroxylation sites is 3. The van der Waals surface area contributed by atoms with Gasteiger partial charge in [-0.2, -0.15) is 12.1 Å². The Kier molecular flexibility index (Phi) is 5.91. The Morgan fingerprint density at radius 3 is 2.38 bits per heavy atom. The molecule has 7 heteroatoms. The Morgan fingerprint density at radius 1 is 0.730 bits per heavy atom. The van der Waals surface area contributed by atoms with Crippen molar-refractivity contribution in [2.24, 2.45) is 0 Å². The fourth-order valence-electron chi connectivity index (χ4n) is 4.72. The van der Waals surface area contributed by atoms with E-state index in [0.717, 1.165) is 44.7 Å². The summed E-state index contributed by atoms with van der Waals surface area (Å²) in [6.45, 7) is 0. The van der Waals surface area contributed by atoms with Gasteiger partial charge in [-0.05, 0) is 42.8 Å². The number of aromatic nitrogens is 2. The average molecular weight is 662 g/mol. The first-order valence-corrected chi connectivity index (χ1v) is 11.7. The molecule has 6 aromatic rings. The van der Waals surface area contributed by atoms with Crippen LogP contribution in [0.5, 0.6) is 11.5 Å². The molecule has 0 saturated heterocycles. The average Bonchev–Trinajstić information content (AvgIpc) is 3.44. The molecule has 0 fully saturated rings. The maximum absolute atomic E-state index is 6.26. The minimum atomic E-state index is 0. The SMILES string of the molecule is CN1[N-]N(c2[c-]c(Oc3[c-]c4c(cc3)c3ccccc3n4-c3ccccn3)ccc2)c2ccccc21.[Pt]. The van der Waals surface area contributed by atoms with Crippen LogP contribution in [0.3, 0.4) is 0 Å². The van der Waals surface area contributed by atoms with E-state index in [1.807, 2.05) is 95.9 Å². The molecule has 37 heavy (non-hydrogen) atoms. The Balaban J connectivity index is 0.00000252. The van der Waals surface area contributed by atoms with Crippen molar-refractivity contribution in [3.8, 4) is 17.3 Å². The quantitative estimate of drug-likeness (QED) is 0.185. The molecule has 0 amide bonds. The van der Waals surface area contributed by atoms with Gasteiger partial charge in [-0.3, -0.25) is 0 Å². The number of nitrogens with zero attached hydrogens (tertiary/aromatic N) is 5. The van der Waals surface area contributed by atoms with Gasteiger partial charge in [-0.15, -0.1) is 35.7 Å². The molecule has 6 nitrogen and oxygen atoms in total. The molecule has 0 bridgehead atoms. The van der Waals surface area contributed by atoms with E-state index in [-0.39, 0.29) is 21.1 Å². The molecule has 3 heterocycles. The fraction of sp³-hybridized carbons (Fsp3) is 0.0333. The fourth-order valence-corrected chi connectivity index (χ4v) is 4.72. The minimum absolute atomic E-state index is 0. The third kappa shape index (κ3) is 3.95. The van der Waals surface area contributed by atoms with Crippen LogP contribution < -0.4 is 14.8 Å². The second-order valence-electron chi connectivity index (χ2n) is 8.54. The Hall–Kier alpha value is -4.12. The summed E-state index contributed by atoms with van der Waals surface area (Å²) in [7, 11) is 1.93. The standard InChI is InChI=1S/C30H20N5O.Pt/c1-33-27-13-4-5-14-28(27)35(32-33)21-9-8-10-22(19-21)36-23-16-17-25-24-11-2-3-12-26(24)34(29(25)20-23)30-15-6-7-18-31-30;/h2-18H,1H3;/q-3;. The van der Waals surface area contributed by atoms with Crippen molar-refractivity contribution < 1.29 is 25.8 Å². The normalized spacial score (nSPS) is 12.6. The van der Waals surface area contributed by atoms with Gasteiger partial charge in [0, 0.05) is 55.7 Å². The Labute approximate surface area is 228 Å². The van der Waals surface area contributed by atoms with E-state index >= 15 is 0 Å². The summed E-state index contributed by atoms with van der Waals surface area (Å²) in [5, 5.41) is 5.97. The molecule has 0 spiro atoms. The van der Waals surface area contributed by atoms with Crippen molar-refractivity contribution in [3.05, 3.63) is 121 Å². The zero-order chi connectivity index (χ0) is 24.1. The van der Waals surface area contributed by atoms with Gasteiger partial charge in [-0.25, -0.2) is 4.98 Å². The second kappa shape index (κ2) is 9.40. The van der Waals surface area contributed by atoms with Crippen LogP contribution in [0.15, 0.2) is 103 Å². The Bertz CT molecular complexity index is 1730. The zero-order valence-electron chi connectivity index (χ0n) is 19.8. The van der Waals surface area contributed by atoms with Gasteiger partial charge in [-0.1, -0.05) is 47.6 Å². The molecule has 4 aromatic carbocycles. The van der Waals surface area contributed by atoms with E-state index in [4.69, 9.17) is 4.74 Å². The molecular weight excluding hydrogens is 641 g/mol. The first-order valence-electron chi connectivity index (χ1n) is 11.7. The molecule has 0 saturated carbocycles. The number of hydrogen-bond donors (Lipinski definition) is 0. The van der Waals surface area contributed by atoms with E-state index in [0.29, 0.717) is 11.5 Å². The van der Waals surface area contributed by atoms with Crippen LogP contribution in [0.25, 0.3) is 33.2 Å². The number of pyridine rings is 1. The maximum atomic E-state index is 6.26. The third-order valence-electron chi connectivity index (χ3n) is 6.32. The predicted molar refractivity (Wildman–Crippen MR) is 143 cm³/mol. The van der Waals surface area contributed by atoms with Gasteiger partial charge >= 0.3 is 0 Å². The van der Waals surface area contributed by atoms with E-state index in [2.05, 4.69) is 45.4 Å². The van der Waals surface area contributed by atoms with Gasteiger partial charge in [0.25, 0.3) is 0 Å². The number of ether oxygens (including phenoxy) is 1. The summed E-state index contributed by atoms with van der Waals surface area (Å²) < 4.78 is 8.38. The van der Waals surface area contributed by atoms with E-state index in [9.17, 15) is 0 Å². The van der Waals surface area contributed by atoms with Crippen LogP contribution in [0.1, 0.15) is 0 Å². The van der Waals surface area contributed by atoms with Crippen molar-refractivity contribution in [1.29, 1.82) is 0 Å². The van der Waals surface area contributed by atoms with Crippen LogP contribution in [0.2, 0.25) is 0 Å². The first-order chi connectivity index (χ1) is 17.8. The molecule has 0 aliphatic carbocycles. The summed E-state index contributed by atoms with van der Waals surface area (Å²) in [5.41, 5.74) is 9.47. The molecule has 0 N–H and O–H groups in total. The van der Waals surface area contributed by atoms with Gasteiger partial charge in [0.2, 0.25) is 0 Å². The molecule has 0 radical (unpaired) electrons. The summed E-state index contributed by atoms with van der Waals surface area (Å²) in [6, 6.07) is 39.0. The van der Waals surface area contributed by atoms with Gasteiger partial charge < -0.3 is 24.9 Å².